The molecule has 36 heavy (non-hydrogen) atoms. The zero-order chi connectivity index (χ0) is 25.5. The molecule has 1 saturated heterocycles. The van der Waals surface area contributed by atoms with Gasteiger partial charge in [0, 0.05) is 40.7 Å². The summed E-state index contributed by atoms with van der Waals surface area (Å²) in [6, 6.07) is 5.09. The summed E-state index contributed by atoms with van der Waals surface area (Å²) in [6.45, 7) is 6.53. The van der Waals surface area contributed by atoms with Crippen LogP contribution in [0.15, 0.2) is 23.0 Å². The summed E-state index contributed by atoms with van der Waals surface area (Å²) in [5.74, 6) is -1.16. The van der Waals surface area contributed by atoms with Gasteiger partial charge in [0.25, 0.3) is 5.56 Å². The highest BCUT2D eigenvalue weighted by molar-refractivity contribution is 5.89. The predicted octanol–water partition coefficient (Wildman–Crippen LogP) is 2.70. The molecule has 0 bridgehead atoms. The number of pyridine rings is 2. The highest BCUT2D eigenvalue weighted by Gasteiger charge is 2.42. The zero-order valence-corrected chi connectivity index (χ0v) is 20.5. The van der Waals surface area contributed by atoms with Crippen molar-refractivity contribution in [1.82, 2.24) is 14.5 Å². The predicted molar refractivity (Wildman–Crippen MR) is 130 cm³/mol. The van der Waals surface area contributed by atoms with E-state index in [2.05, 4.69) is 18.7 Å². The molecule has 2 N–H and O–H groups in total. The first-order valence-electron chi connectivity index (χ1n) is 12.2. The van der Waals surface area contributed by atoms with Crippen molar-refractivity contribution in [3.05, 3.63) is 62.2 Å². The SMILES string of the molecule is Cc1cc2c(CN3C(C)CCC3(C)CO)c3c(nc2cc1F)-c1cc2c(c(=O)n1C3)COC(=O)C2O. The molecule has 3 aliphatic heterocycles. The summed E-state index contributed by atoms with van der Waals surface area (Å²) in [5, 5.41) is 21.4. The number of nitrogens with zero attached hydrogens (tertiary/aromatic N) is 3. The van der Waals surface area contributed by atoms with Crippen LogP contribution in [0, 0.1) is 12.7 Å². The van der Waals surface area contributed by atoms with E-state index in [1.165, 1.54) is 6.07 Å². The zero-order valence-electron chi connectivity index (χ0n) is 20.5. The molecule has 3 aromatic rings. The van der Waals surface area contributed by atoms with Gasteiger partial charge in [-0.1, -0.05) is 0 Å². The molecular formula is C27H28FN3O5. The number of carbonyl (C=O) groups is 1. The lowest BCUT2D eigenvalue weighted by molar-refractivity contribution is -0.157. The summed E-state index contributed by atoms with van der Waals surface area (Å²) < 4.78 is 21.2. The first-order chi connectivity index (χ1) is 17.1. The Morgan fingerprint density at radius 3 is 2.78 bits per heavy atom. The number of ether oxygens (including phenoxy) is 1. The molecule has 3 aliphatic rings. The Labute approximate surface area is 206 Å². The number of rotatable bonds is 3. The number of esters is 1. The number of halogens is 1. The van der Waals surface area contributed by atoms with Gasteiger partial charge in [-0.05, 0) is 56.9 Å². The van der Waals surface area contributed by atoms with Crippen molar-refractivity contribution in [2.75, 3.05) is 6.61 Å². The van der Waals surface area contributed by atoms with Crippen LogP contribution in [0.3, 0.4) is 0 Å². The summed E-state index contributed by atoms with van der Waals surface area (Å²) in [6.07, 6.45) is 0.281. The molecule has 6 rings (SSSR count). The van der Waals surface area contributed by atoms with E-state index in [4.69, 9.17) is 9.72 Å². The number of hydrogen-bond acceptors (Lipinski definition) is 7. The maximum absolute atomic E-state index is 14.6. The van der Waals surface area contributed by atoms with Crippen molar-refractivity contribution in [3.63, 3.8) is 0 Å². The Morgan fingerprint density at radius 2 is 2.03 bits per heavy atom. The second kappa shape index (κ2) is 7.93. The summed E-state index contributed by atoms with van der Waals surface area (Å²) in [4.78, 5) is 32.4. The third kappa shape index (κ3) is 3.19. The van der Waals surface area contributed by atoms with Crippen LogP contribution in [-0.4, -0.2) is 48.8 Å². The van der Waals surface area contributed by atoms with Crippen LogP contribution in [0.4, 0.5) is 4.39 Å². The highest BCUT2D eigenvalue weighted by Crippen LogP contribution is 2.41. The van der Waals surface area contributed by atoms with Gasteiger partial charge in [0.1, 0.15) is 12.4 Å². The van der Waals surface area contributed by atoms with Crippen molar-refractivity contribution in [3.8, 4) is 11.4 Å². The van der Waals surface area contributed by atoms with E-state index >= 15 is 0 Å². The summed E-state index contributed by atoms with van der Waals surface area (Å²) in [5.41, 5.74) is 3.58. The number of aliphatic hydroxyl groups is 2. The Balaban J connectivity index is 1.60. The molecule has 0 amide bonds. The number of cyclic esters (lactones) is 1. The van der Waals surface area contributed by atoms with Gasteiger partial charge in [-0.3, -0.25) is 9.69 Å². The van der Waals surface area contributed by atoms with Gasteiger partial charge < -0.3 is 19.5 Å². The Bertz CT molecular complexity index is 1520. The molecule has 0 radical (unpaired) electrons. The quantitative estimate of drug-likeness (QED) is 0.423. The second-order valence-corrected chi connectivity index (χ2v) is 10.6. The molecular weight excluding hydrogens is 465 g/mol. The first kappa shape index (κ1) is 23.3. The molecule has 9 heteroatoms. The van der Waals surface area contributed by atoms with E-state index < -0.39 is 12.1 Å². The molecule has 188 valence electrons. The van der Waals surface area contributed by atoms with Gasteiger partial charge in [0.2, 0.25) is 0 Å². The third-order valence-electron chi connectivity index (χ3n) is 8.35. The average molecular weight is 494 g/mol. The maximum atomic E-state index is 14.6. The number of hydrogen-bond donors (Lipinski definition) is 2. The Kier molecular flexibility index (Phi) is 5.13. The first-order valence-corrected chi connectivity index (χ1v) is 12.2. The minimum Gasteiger partial charge on any atom is -0.458 e. The Morgan fingerprint density at radius 1 is 1.25 bits per heavy atom. The smallest absolute Gasteiger partial charge is 0.340 e. The standard InChI is InChI=1S/C27H28FN3O5/c1-13-6-15-17(10-31-14(2)4-5-27(31,3)12-32)18-9-30-22(23(18)29-21(15)8-20(13)28)7-16-19(25(30)34)11-36-26(35)24(16)33/h6-8,14,24,32-33H,4-5,9-12H2,1-3H3. The topological polar surface area (TPSA) is 105 Å². The lowest BCUT2D eigenvalue weighted by atomic mass is 9.95. The molecule has 2 aromatic heterocycles. The van der Waals surface area contributed by atoms with Gasteiger partial charge in [-0.25, -0.2) is 14.2 Å². The molecule has 1 aromatic carbocycles. The molecule has 0 saturated carbocycles. The van der Waals surface area contributed by atoms with E-state index in [0.717, 1.165) is 29.4 Å². The van der Waals surface area contributed by atoms with E-state index in [-0.39, 0.29) is 53.8 Å². The van der Waals surface area contributed by atoms with Crippen molar-refractivity contribution in [2.45, 2.75) is 71.0 Å². The van der Waals surface area contributed by atoms with Gasteiger partial charge >= 0.3 is 5.97 Å². The molecule has 3 unspecified atom stereocenters. The van der Waals surface area contributed by atoms with Crippen LogP contribution in [0.5, 0.6) is 0 Å². The molecule has 0 spiro atoms. The van der Waals surface area contributed by atoms with Crippen molar-refractivity contribution < 1.29 is 24.1 Å². The van der Waals surface area contributed by atoms with Crippen LogP contribution in [0.1, 0.15) is 60.6 Å². The number of fused-ring (bicyclic) bond motifs is 5. The molecule has 0 aliphatic carbocycles. The van der Waals surface area contributed by atoms with E-state index in [1.807, 2.05) is 0 Å². The van der Waals surface area contributed by atoms with Crippen molar-refractivity contribution in [1.29, 1.82) is 0 Å². The minimum atomic E-state index is -1.54. The van der Waals surface area contributed by atoms with Gasteiger partial charge in [-0.2, -0.15) is 0 Å². The fourth-order valence-corrected chi connectivity index (χ4v) is 6.06. The third-order valence-corrected chi connectivity index (χ3v) is 8.35. The fraction of sp³-hybridized carbons (Fsp3) is 0.444. The lowest BCUT2D eigenvalue weighted by Crippen LogP contribution is -2.46. The van der Waals surface area contributed by atoms with Gasteiger partial charge in [0.05, 0.1) is 35.6 Å². The molecule has 1 fully saturated rings. The number of aryl methyl sites for hydroxylation is 1. The van der Waals surface area contributed by atoms with E-state index in [1.54, 1.807) is 23.6 Å². The number of aromatic nitrogens is 2. The van der Waals surface area contributed by atoms with Gasteiger partial charge in [0.15, 0.2) is 6.10 Å². The Hall–Kier alpha value is -3.14. The number of likely N-dealkylation sites (tertiary alicyclic amines) is 1. The highest BCUT2D eigenvalue weighted by atomic mass is 19.1. The number of benzene rings is 1. The largest absolute Gasteiger partial charge is 0.458 e. The second-order valence-electron chi connectivity index (χ2n) is 10.6. The average Bonchev–Trinajstić information content (AvgIpc) is 3.36. The summed E-state index contributed by atoms with van der Waals surface area (Å²) >= 11 is 0. The monoisotopic (exact) mass is 493 g/mol. The van der Waals surface area contributed by atoms with Crippen LogP contribution in [0.25, 0.3) is 22.3 Å². The molecule has 8 nitrogen and oxygen atoms in total. The van der Waals surface area contributed by atoms with Gasteiger partial charge in [-0.15, -0.1) is 0 Å². The minimum absolute atomic E-state index is 0.0223. The number of carbonyl (C=O) groups excluding carboxylic acids is 1. The lowest BCUT2D eigenvalue weighted by Gasteiger charge is -2.37. The van der Waals surface area contributed by atoms with Crippen molar-refractivity contribution in [2.24, 2.45) is 0 Å². The summed E-state index contributed by atoms with van der Waals surface area (Å²) in [7, 11) is 0. The number of aliphatic hydroxyl groups excluding tert-OH is 2. The normalized spacial score (nSPS) is 25.1. The molecule has 5 heterocycles. The fourth-order valence-electron chi connectivity index (χ4n) is 6.06. The van der Waals surface area contributed by atoms with E-state index in [0.29, 0.717) is 29.0 Å². The van der Waals surface area contributed by atoms with Crippen LogP contribution < -0.4 is 5.56 Å². The van der Waals surface area contributed by atoms with Crippen LogP contribution in [-0.2, 0) is 29.2 Å². The van der Waals surface area contributed by atoms with Crippen LogP contribution in [0.2, 0.25) is 0 Å². The van der Waals surface area contributed by atoms with Crippen molar-refractivity contribution >= 4 is 16.9 Å². The molecule has 3 atom stereocenters. The van der Waals surface area contributed by atoms with E-state index in [9.17, 15) is 24.2 Å². The van der Waals surface area contributed by atoms with Crippen LogP contribution >= 0.6 is 0 Å². The maximum Gasteiger partial charge on any atom is 0.340 e.